The maximum Gasteiger partial charge on any atom is 0.272 e. The lowest BCUT2D eigenvalue weighted by molar-refractivity contribution is -0.170. The van der Waals surface area contributed by atoms with Gasteiger partial charge in [0.25, 0.3) is 5.91 Å². The van der Waals surface area contributed by atoms with E-state index >= 15 is 0 Å². The van der Waals surface area contributed by atoms with E-state index in [2.05, 4.69) is 54.3 Å². The van der Waals surface area contributed by atoms with E-state index < -0.39 is 0 Å². The average molecular weight is 397 g/mol. The summed E-state index contributed by atoms with van der Waals surface area (Å²) in [6.07, 6.45) is 5.62. The van der Waals surface area contributed by atoms with E-state index in [1.807, 2.05) is 11.9 Å². The van der Waals surface area contributed by atoms with Crippen molar-refractivity contribution >= 4 is 5.91 Å². The third-order valence-electron chi connectivity index (χ3n) is 6.78. The Morgan fingerprint density at radius 3 is 2.59 bits per heavy atom. The van der Waals surface area contributed by atoms with Crippen LogP contribution >= 0.6 is 0 Å². The molecule has 2 aromatic rings. The van der Waals surface area contributed by atoms with Crippen LogP contribution < -0.4 is 0 Å². The molecule has 1 spiro atoms. The van der Waals surface area contributed by atoms with Crippen LogP contribution in [0.1, 0.15) is 54.8 Å². The standard InChI is InChI=1S/C23H32N4O2/c1-4-25(2)19-16-21(18-8-6-5-7-9-18)29-23(17-19)11-14-27(15-12-23)22(28)20-10-13-24-26(20)3/h5-10,13,19,21H,4,11-12,14-17H2,1-3H3/t19-,21-/m0/s1. The number of aromatic nitrogens is 2. The lowest BCUT2D eigenvalue weighted by atomic mass is 9.79. The lowest BCUT2D eigenvalue weighted by Crippen LogP contribution is -2.54. The molecule has 0 N–H and O–H groups in total. The Labute approximate surface area is 173 Å². The fraction of sp³-hybridized carbons (Fsp3) is 0.565. The van der Waals surface area contributed by atoms with Gasteiger partial charge in [0.1, 0.15) is 5.69 Å². The normalized spacial score (nSPS) is 24.2. The first-order valence-corrected chi connectivity index (χ1v) is 10.7. The molecule has 3 heterocycles. The lowest BCUT2D eigenvalue weighted by Gasteiger charge is -2.50. The Kier molecular flexibility index (Phi) is 5.74. The van der Waals surface area contributed by atoms with Gasteiger partial charge in [0.2, 0.25) is 0 Å². The monoisotopic (exact) mass is 396 g/mol. The van der Waals surface area contributed by atoms with Gasteiger partial charge in [0.05, 0.1) is 11.7 Å². The number of aryl methyl sites for hydroxylation is 1. The molecule has 2 saturated heterocycles. The second kappa shape index (κ2) is 8.28. The van der Waals surface area contributed by atoms with Crippen molar-refractivity contribution in [3.05, 3.63) is 53.9 Å². The molecule has 4 rings (SSSR count). The SMILES string of the molecule is CCN(C)[C@H]1C[C@@H](c2ccccc2)OC2(CCN(C(=O)c3ccnn3C)CC2)C1. The summed E-state index contributed by atoms with van der Waals surface area (Å²) in [5, 5.41) is 4.14. The second-order valence-corrected chi connectivity index (χ2v) is 8.50. The van der Waals surface area contributed by atoms with Gasteiger partial charge in [-0.25, -0.2) is 0 Å². The second-order valence-electron chi connectivity index (χ2n) is 8.50. The number of benzene rings is 1. The minimum Gasteiger partial charge on any atom is -0.367 e. The molecule has 2 atom stereocenters. The van der Waals surface area contributed by atoms with Crippen LogP contribution in [0.5, 0.6) is 0 Å². The van der Waals surface area contributed by atoms with Crippen LogP contribution in [0.3, 0.4) is 0 Å². The van der Waals surface area contributed by atoms with Crippen LogP contribution in [0.15, 0.2) is 42.6 Å². The van der Waals surface area contributed by atoms with Gasteiger partial charge in [0, 0.05) is 32.4 Å². The number of hydrogen-bond acceptors (Lipinski definition) is 4. The molecular weight excluding hydrogens is 364 g/mol. The number of carbonyl (C=O) groups is 1. The molecule has 2 aliphatic rings. The Morgan fingerprint density at radius 2 is 1.97 bits per heavy atom. The summed E-state index contributed by atoms with van der Waals surface area (Å²) in [5.41, 5.74) is 1.75. The van der Waals surface area contributed by atoms with E-state index in [1.165, 1.54) is 5.56 Å². The molecule has 2 fully saturated rings. The number of hydrogen-bond donors (Lipinski definition) is 0. The third-order valence-corrected chi connectivity index (χ3v) is 6.78. The molecule has 29 heavy (non-hydrogen) atoms. The zero-order chi connectivity index (χ0) is 20.4. The van der Waals surface area contributed by atoms with Crippen molar-refractivity contribution in [3.63, 3.8) is 0 Å². The van der Waals surface area contributed by atoms with Gasteiger partial charge in [0.15, 0.2) is 0 Å². The molecule has 1 amide bonds. The topological polar surface area (TPSA) is 50.6 Å². The zero-order valence-corrected chi connectivity index (χ0v) is 17.8. The van der Waals surface area contributed by atoms with Crippen LogP contribution in [0.2, 0.25) is 0 Å². The predicted molar refractivity (Wildman–Crippen MR) is 113 cm³/mol. The van der Waals surface area contributed by atoms with Crippen molar-refractivity contribution in [1.29, 1.82) is 0 Å². The highest BCUT2D eigenvalue weighted by molar-refractivity contribution is 5.92. The summed E-state index contributed by atoms with van der Waals surface area (Å²) in [7, 11) is 4.03. The maximum atomic E-state index is 12.9. The van der Waals surface area contributed by atoms with Crippen LogP contribution in [0.4, 0.5) is 0 Å². The number of rotatable bonds is 4. The molecule has 1 aromatic carbocycles. The van der Waals surface area contributed by atoms with Gasteiger partial charge in [-0.05, 0) is 50.9 Å². The van der Waals surface area contributed by atoms with E-state index in [1.54, 1.807) is 16.9 Å². The van der Waals surface area contributed by atoms with Crippen LogP contribution in [0.25, 0.3) is 0 Å². The minimum atomic E-state index is -0.157. The summed E-state index contributed by atoms with van der Waals surface area (Å²) < 4.78 is 8.44. The minimum absolute atomic E-state index is 0.0671. The summed E-state index contributed by atoms with van der Waals surface area (Å²) in [6, 6.07) is 12.9. The highest BCUT2D eigenvalue weighted by atomic mass is 16.5. The smallest absolute Gasteiger partial charge is 0.272 e. The van der Waals surface area contributed by atoms with Gasteiger partial charge in [-0.2, -0.15) is 5.10 Å². The molecule has 1 aromatic heterocycles. The van der Waals surface area contributed by atoms with Gasteiger partial charge >= 0.3 is 0 Å². The predicted octanol–water partition coefficient (Wildman–Crippen LogP) is 3.27. The molecule has 6 heteroatoms. The fourth-order valence-corrected chi connectivity index (χ4v) is 4.81. The summed E-state index contributed by atoms with van der Waals surface area (Å²) in [6.45, 7) is 4.71. The van der Waals surface area contributed by atoms with Gasteiger partial charge in [-0.3, -0.25) is 9.48 Å². The van der Waals surface area contributed by atoms with E-state index in [0.717, 1.165) is 45.3 Å². The van der Waals surface area contributed by atoms with Gasteiger partial charge in [-0.15, -0.1) is 0 Å². The Bertz CT molecular complexity index is 826. The number of piperidine rings is 1. The van der Waals surface area contributed by atoms with Crippen molar-refractivity contribution < 1.29 is 9.53 Å². The third kappa shape index (κ3) is 4.09. The Hall–Kier alpha value is -2.18. The summed E-state index contributed by atoms with van der Waals surface area (Å²) in [4.78, 5) is 17.3. The molecule has 0 unspecified atom stereocenters. The average Bonchev–Trinajstić information content (AvgIpc) is 3.19. The van der Waals surface area contributed by atoms with Crippen LogP contribution in [-0.4, -0.2) is 63.8 Å². The van der Waals surface area contributed by atoms with Crippen molar-refractivity contribution in [2.24, 2.45) is 7.05 Å². The maximum absolute atomic E-state index is 12.9. The van der Waals surface area contributed by atoms with Gasteiger partial charge < -0.3 is 14.5 Å². The van der Waals surface area contributed by atoms with Crippen LogP contribution in [0, 0.1) is 0 Å². The molecule has 156 valence electrons. The highest BCUT2D eigenvalue weighted by Gasteiger charge is 2.45. The molecule has 0 aliphatic carbocycles. The van der Waals surface area contributed by atoms with E-state index in [4.69, 9.17) is 4.74 Å². The van der Waals surface area contributed by atoms with E-state index in [0.29, 0.717) is 11.7 Å². The van der Waals surface area contributed by atoms with E-state index in [9.17, 15) is 4.79 Å². The molecular formula is C23H32N4O2. The first-order chi connectivity index (χ1) is 14.0. The highest BCUT2D eigenvalue weighted by Crippen LogP contribution is 2.44. The van der Waals surface area contributed by atoms with Gasteiger partial charge in [-0.1, -0.05) is 37.3 Å². The number of ether oxygens (including phenoxy) is 1. The Balaban J connectivity index is 1.50. The molecule has 0 radical (unpaired) electrons. The first kappa shape index (κ1) is 20.1. The van der Waals surface area contributed by atoms with Crippen molar-refractivity contribution in [2.45, 2.75) is 50.4 Å². The molecule has 0 saturated carbocycles. The number of likely N-dealkylation sites (tertiary alicyclic amines) is 1. The van der Waals surface area contributed by atoms with Crippen molar-refractivity contribution in [3.8, 4) is 0 Å². The quantitative estimate of drug-likeness (QED) is 0.796. The van der Waals surface area contributed by atoms with Crippen molar-refractivity contribution in [2.75, 3.05) is 26.7 Å². The number of carbonyl (C=O) groups excluding carboxylic acids is 1. The fourth-order valence-electron chi connectivity index (χ4n) is 4.81. The van der Waals surface area contributed by atoms with Crippen LogP contribution in [-0.2, 0) is 11.8 Å². The molecule has 0 bridgehead atoms. The number of nitrogens with zero attached hydrogens (tertiary/aromatic N) is 4. The summed E-state index contributed by atoms with van der Waals surface area (Å²) >= 11 is 0. The van der Waals surface area contributed by atoms with E-state index in [-0.39, 0.29) is 17.6 Å². The first-order valence-electron chi connectivity index (χ1n) is 10.7. The Morgan fingerprint density at radius 1 is 1.24 bits per heavy atom. The molecule has 2 aliphatic heterocycles. The largest absolute Gasteiger partial charge is 0.367 e. The van der Waals surface area contributed by atoms with Crippen molar-refractivity contribution in [1.82, 2.24) is 19.6 Å². The zero-order valence-electron chi connectivity index (χ0n) is 17.8. The molecule has 6 nitrogen and oxygen atoms in total. The summed E-state index contributed by atoms with van der Waals surface area (Å²) in [5.74, 6) is 0.0671. The number of amides is 1.